The summed E-state index contributed by atoms with van der Waals surface area (Å²) in [4.78, 5) is 11.6. The van der Waals surface area contributed by atoms with Crippen molar-refractivity contribution in [3.05, 3.63) is 0 Å². The number of carbonyl (C=O) groups is 1. The van der Waals surface area contributed by atoms with Crippen molar-refractivity contribution in [3.63, 3.8) is 0 Å². The highest BCUT2D eigenvalue weighted by Crippen LogP contribution is 2.10. The lowest BCUT2D eigenvalue weighted by atomic mass is 10.1. The Labute approximate surface area is 108 Å². The van der Waals surface area contributed by atoms with Gasteiger partial charge in [0.05, 0.1) is 12.6 Å². The Morgan fingerprint density at radius 2 is 2.12 bits per heavy atom. The molecule has 3 unspecified atom stereocenters. The van der Waals surface area contributed by atoms with Crippen molar-refractivity contribution in [3.8, 4) is 0 Å². The van der Waals surface area contributed by atoms with Gasteiger partial charge >= 0.3 is 0 Å². The number of hydrogen-bond donors (Lipinski definition) is 3. The first-order chi connectivity index (χ1) is 7.06. The average Bonchev–Trinajstić information content (AvgIpc) is 2.19. The van der Waals surface area contributed by atoms with E-state index in [1.165, 1.54) is 11.8 Å². The van der Waals surface area contributed by atoms with Crippen LogP contribution in [0.25, 0.3) is 0 Å². The van der Waals surface area contributed by atoms with Crippen LogP contribution in [0.1, 0.15) is 26.7 Å². The highest BCUT2D eigenvalue weighted by Gasteiger charge is 2.20. The third-order valence-electron chi connectivity index (χ3n) is 2.35. The van der Waals surface area contributed by atoms with E-state index in [1.807, 2.05) is 20.1 Å². The van der Waals surface area contributed by atoms with Gasteiger partial charge in [-0.25, -0.2) is 0 Å². The van der Waals surface area contributed by atoms with Gasteiger partial charge in [0.2, 0.25) is 5.91 Å². The molecule has 0 aliphatic heterocycles. The topological polar surface area (TPSA) is 75.4 Å². The van der Waals surface area contributed by atoms with E-state index in [0.717, 1.165) is 6.42 Å². The summed E-state index contributed by atoms with van der Waals surface area (Å²) < 4.78 is 0. The lowest BCUT2D eigenvalue weighted by Crippen LogP contribution is -2.48. The van der Waals surface area contributed by atoms with Crippen molar-refractivity contribution < 1.29 is 9.90 Å². The quantitative estimate of drug-likeness (QED) is 0.639. The van der Waals surface area contributed by atoms with Crippen LogP contribution < -0.4 is 11.1 Å². The SMILES string of the molecule is CCCC(N)C(=O)NC(C)C(CO)SC.Cl. The Bertz CT molecular complexity index is 192. The first kappa shape index (κ1) is 18.4. The molecular formula is C10H23ClN2O2S. The summed E-state index contributed by atoms with van der Waals surface area (Å²) in [7, 11) is 0. The molecule has 16 heavy (non-hydrogen) atoms. The number of aliphatic hydroxyl groups is 1. The maximum absolute atomic E-state index is 11.6. The van der Waals surface area contributed by atoms with Crippen LogP contribution in [0.3, 0.4) is 0 Å². The van der Waals surface area contributed by atoms with E-state index in [9.17, 15) is 4.79 Å². The van der Waals surface area contributed by atoms with Crippen molar-refractivity contribution in [1.29, 1.82) is 0 Å². The molecule has 0 aromatic heterocycles. The number of rotatable bonds is 7. The molecular weight excluding hydrogens is 248 g/mol. The molecule has 0 fully saturated rings. The first-order valence-electron chi connectivity index (χ1n) is 5.26. The van der Waals surface area contributed by atoms with Crippen LogP contribution >= 0.6 is 24.2 Å². The lowest BCUT2D eigenvalue weighted by molar-refractivity contribution is -0.123. The lowest BCUT2D eigenvalue weighted by Gasteiger charge is -2.23. The maximum atomic E-state index is 11.6. The van der Waals surface area contributed by atoms with Gasteiger partial charge in [0, 0.05) is 11.3 Å². The number of nitrogens with two attached hydrogens (primary N) is 1. The van der Waals surface area contributed by atoms with E-state index in [4.69, 9.17) is 10.8 Å². The molecule has 4 nitrogen and oxygen atoms in total. The van der Waals surface area contributed by atoms with E-state index in [0.29, 0.717) is 6.42 Å². The molecule has 0 rings (SSSR count). The number of thioether (sulfide) groups is 1. The van der Waals surface area contributed by atoms with Crippen molar-refractivity contribution in [2.75, 3.05) is 12.9 Å². The highest BCUT2D eigenvalue weighted by molar-refractivity contribution is 7.99. The van der Waals surface area contributed by atoms with Gasteiger partial charge in [0.15, 0.2) is 0 Å². The molecule has 0 bridgehead atoms. The van der Waals surface area contributed by atoms with E-state index < -0.39 is 6.04 Å². The molecule has 0 aromatic rings. The van der Waals surface area contributed by atoms with Crippen molar-refractivity contribution in [1.82, 2.24) is 5.32 Å². The Balaban J connectivity index is 0. The largest absolute Gasteiger partial charge is 0.395 e. The van der Waals surface area contributed by atoms with Gasteiger partial charge in [-0.3, -0.25) is 4.79 Å². The minimum atomic E-state index is -0.432. The van der Waals surface area contributed by atoms with Gasteiger partial charge < -0.3 is 16.2 Å². The van der Waals surface area contributed by atoms with Crippen LogP contribution in [0.2, 0.25) is 0 Å². The fourth-order valence-electron chi connectivity index (χ4n) is 1.30. The Morgan fingerprint density at radius 3 is 2.50 bits per heavy atom. The predicted octanol–water partition coefficient (Wildman–Crippen LogP) is 0.764. The zero-order valence-electron chi connectivity index (χ0n) is 10.1. The summed E-state index contributed by atoms with van der Waals surface area (Å²) in [6, 6.07) is -0.487. The third kappa shape index (κ3) is 6.58. The fourth-order valence-corrected chi connectivity index (χ4v) is 1.93. The average molecular weight is 271 g/mol. The molecule has 6 heteroatoms. The van der Waals surface area contributed by atoms with E-state index in [2.05, 4.69) is 5.32 Å². The number of carbonyl (C=O) groups excluding carboxylic acids is 1. The summed E-state index contributed by atoms with van der Waals surface area (Å²) in [5.74, 6) is -0.128. The number of hydrogen-bond acceptors (Lipinski definition) is 4. The van der Waals surface area contributed by atoms with Crippen LogP contribution in [-0.4, -0.2) is 41.2 Å². The Morgan fingerprint density at radius 1 is 1.56 bits per heavy atom. The van der Waals surface area contributed by atoms with Crippen LogP contribution in [0, 0.1) is 0 Å². The maximum Gasteiger partial charge on any atom is 0.237 e. The zero-order valence-corrected chi connectivity index (χ0v) is 11.7. The second kappa shape index (κ2) is 10.2. The van der Waals surface area contributed by atoms with Gasteiger partial charge in [-0.15, -0.1) is 12.4 Å². The van der Waals surface area contributed by atoms with Gasteiger partial charge in [-0.1, -0.05) is 13.3 Å². The summed E-state index contributed by atoms with van der Waals surface area (Å²) in [6.07, 6.45) is 3.51. The minimum absolute atomic E-state index is 0. The number of nitrogens with one attached hydrogen (secondary N) is 1. The van der Waals surface area contributed by atoms with Crippen LogP contribution in [-0.2, 0) is 4.79 Å². The molecule has 0 aromatic carbocycles. The minimum Gasteiger partial charge on any atom is -0.395 e. The zero-order chi connectivity index (χ0) is 11.8. The molecule has 0 saturated carbocycles. The van der Waals surface area contributed by atoms with Crippen LogP contribution in [0.4, 0.5) is 0 Å². The Hall–Kier alpha value is 0.0300. The van der Waals surface area contributed by atoms with Gasteiger partial charge in [0.25, 0.3) is 0 Å². The fraction of sp³-hybridized carbons (Fsp3) is 0.900. The molecule has 4 N–H and O–H groups in total. The second-order valence-electron chi connectivity index (χ2n) is 3.65. The monoisotopic (exact) mass is 270 g/mol. The molecule has 0 saturated heterocycles. The second-order valence-corrected chi connectivity index (χ2v) is 4.73. The number of halogens is 1. The summed E-state index contributed by atoms with van der Waals surface area (Å²) in [5.41, 5.74) is 5.68. The first-order valence-corrected chi connectivity index (χ1v) is 6.55. The molecule has 0 heterocycles. The van der Waals surface area contributed by atoms with Crippen LogP contribution in [0.5, 0.6) is 0 Å². The van der Waals surface area contributed by atoms with Gasteiger partial charge in [0.1, 0.15) is 0 Å². The summed E-state index contributed by atoms with van der Waals surface area (Å²) >= 11 is 1.54. The van der Waals surface area contributed by atoms with E-state index >= 15 is 0 Å². The number of amides is 1. The van der Waals surface area contributed by atoms with Crippen LogP contribution in [0.15, 0.2) is 0 Å². The van der Waals surface area contributed by atoms with E-state index in [-0.39, 0.29) is 36.2 Å². The molecule has 0 aliphatic carbocycles. The van der Waals surface area contributed by atoms with Gasteiger partial charge in [-0.05, 0) is 19.6 Å². The van der Waals surface area contributed by atoms with Crippen molar-refractivity contribution in [2.24, 2.45) is 5.73 Å². The normalized spacial score (nSPS) is 15.8. The van der Waals surface area contributed by atoms with E-state index in [1.54, 1.807) is 0 Å². The predicted molar refractivity (Wildman–Crippen MR) is 72.1 cm³/mol. The highest BCUT2D eigenvalue weighted by atomic mass is 35.5. The standard InChI is InChI=1S/C10H22N2O2S.ClH/c1-4-5-8(11)10(14)12-7(2)9(6-13)15-3;/h7-9,13H,4-6,11H2,1-3H3,(H,12,14);1H. The third-order valence-corrected chi connectivity index (χ3v) is 3.51. The molecule has 98 valence electrons. The Kier molecular flexibility index (Phi) is 11.7. The number of aliphatic hydroxyl groups excluding tert-OH is 1. The summed E-state index contributed by atoms with van der Waals surface area (Å²) in [5, 5.41) is 11.9. The van der Waals surface area contributed by atoms with Crippen molar-refractivity contribution >= 4 is 30.1 Å². The molecule has 1 amide bonds. The van der Waals surface area contributed by atoms with Crippen molar-refractivity contribution in [2.45, 2.75) is 44.0 Å². The molecule has 0 aliphatic rings. The molecule has 3 atom stereocenters. The molecule has 0 radical (unpaired) electrons. The van der Waals surface area contributed by atoms with Gasteiger partial charge in [-0.2, -0.15) is 11.8 Å². The summed E-state index contributed by atoms with van der Waals surface area (Å²) in [6.45, 7) is 3.94. The molecule has 0 spiro atoms. The smallest absolute Gasteiger partial charge is 0.237 e.